The number of benzene rings is 3. The SMILES string of the molecule is C=CC(=O)Nc1cc2c(Nc3cccc(-c4ccc(F)cc4F)c3)ncnc2cc1OCCCN1CCOCC1. The van der Waals surface area contributed by atoms with Crippen molar-refractivity contribution >= 4 is 34.0 Å². The number of anilines is 3. The maximum Gasteiger partial charge on any atom is 0.247 e. The molecule has 2 heterocycles. The molecule has 1 saturated heterocycles. The van der Waals surface area contributed by atoms with Crippen LogP contribution in [0.3, 0.4) is 0 Å². The van der Waals surface area contributed by atoms with Gasteiger partial charge in [0, 0.05) is 48.4 Å². The molecule has 4 aromatic rings. The fraction of sp³-hybridized carbons (Fsp3) is 0.233. The lowest BCUT2D eigenvalue weighted by Gasteiger charge is -2.26. The summed E-state index contributed by atoms with van der Waals surface area (Å²) in [5.74, 6) is -0.691. The van der Waals surface area contributed by atoms with Crippen LogP contribution in [0.1, 0.15) is 6.42 Å². The van der Waals surface area contributed by atoms with E-state index in [1.165, 1.54) is 24.5 Å². The minimum absolute atomic E-state index is 0.280. The number of ether oxygens (including phenoxy) is 2. The Bertz CT molecular complexity index is 1520. The molecule has 0 atom stereocenters. The molecule has 8 nitrogen and oxygen atoms in total. The molecule has 5 rings (SSSR count). The van der Waals surface area contributed by atoms with Gasteiger partial charge in [0.25, 0.3) is 0 Å². The monoisotopic (exact) mass is 545 g/mol. The molecule has 0 radical (unpaired) electrons. The molecule has 1 aliphatic heterocycles. The van der Waals surface area contributed by atoms with E-state index in [4.69, 9.17) is 9.47 Å². The Balaban J connectivity index is 1.39. The third kappa shape index (κ3) is 6.59. The number of morpholine rings is 1. The topological polar surface area (TPSA) is 88.6 Å². The quantitative estimate of drug-likeness (QED) is 0.200. The number of hydrogen-bond donors (Lipinski definition) is 2. The van der Waals surface area contributed by atoms with Crippen LogP contribution in [0, 0.1) is 11.6 Å². The van der Waals surface area contributed by atoms with Crippen LogP contribution in [-0.2, 0) is 9.53 Å². The maximum absolute atomic E-state index is 14.4. The number of halogens is 2. The van der Waals surface area contributed by atoms with Crippen molar-refractivity contribution in [1.29, 1.82) is 0 Å². The molecule has 206 valence electrons. The second-order valence-electron chi connectivity index (χ2n) is 9.27. The smallest absolute Gasteiger partial charge is 0.247 e. The molecule has 1 aliphatic rings. The standard InChI is InChI=1S/C30H29F2N5O3/c1-2-29(38)36-27-17-24-26(18-28(27)40-12-4-9-37-10-13-39-14-11-37)33-19-34-30(24)35-22-6-3-5-20(15-22)23-8-7-21(31)16-25(23)32/h2-3,5-8,15-19H,1,4,9-14H2,(H,36,38)(H,33,34,35). The highest BCUT2D eigenvalue weighted by Crippen LogP contribution is 2.34. The summed E-state index contributed by atoms with van der Waals surface area (Å²) in [6.45, 7) is 8.19. The Morgan fingerprint density at radius 1 is 1.10 bits per heavy atom. The Kier molecular flexibility index (Phi) is 8.58. The zero-order valence-electron chi connectivity index (χ0n) is 21.8. The van der Waals surface area contributed by atoms with E-state index in [1.807, 2.05) is 6.07 Å². The molecule has 0 spiro atoms. The molecular weight excluding hydrogens is 516 g/mol. The van der Waals surface area contributed by atoms with Crippen LogP contribution >= 0.6 is 0 Å². The lowest BCUT2D eigenvalue weighted by molar-refractivity contribution is -0.111. The fourth-order valence-electron chi connectivity index (χ4n) is 4.50. The normalized spacial score (nSPS) is 13.7. The molecule has 3 aromatic carbocycles. The van der Waals surface area contributed by atoms with Gasteiger partial charge in [0.15, 0.2) is 0 Å². The van der Waals surface area contributed by atoms with Crippen molar-refractivity contribution in [3.63, 3.8) is 0 Å². The summed E-state index contributed by atoms with van der Waals surface area (Å²) in [4.78, 5) is 23.3. The number of hydrogen-bond acceptors (Lipinski definition) is 7. The van der Waals surface area contributed by atoms with E-state index in [9.17, 15) is 13.6 Å². The molecule has 1 aromatic heterocycles. The maximum atomic E-state index is 14.4. The van der Waals surface area contributed by atoms with Crippen molar-refractivity contribution in [3.05, 3.63) is 85.2 Å². The van der Waals surface area contributed by atoms with Gasteiger partial charge in [0.2, 0.25) is 5.91 Å². The van der Waals surface area contributed by atoms with Crippen molar-refractivity contribution in [2.75, 3.05) is 50.1 Å². The van der Waals surface area contributed by atoms with Gasteiger partial charge in [-0.15, -0.1) is 0 Å². The molecule has 40 heavy (non-hydrogen) atoms. The Morgan fingerprint density at radius 2 is 1.95 bits per heavy atom. The van der Waals surface area contributed by atoms with Crippen molar-refractivity contribution in [1.82, 2.24) is 14.9 Å². The predicted octanol–water partition coefficient (Wildman–Crippen LogP) is 5.54. The summed E-state index contributed by atoms with van der Waals surface area (Å²) in [7, 11) is 0. The van der Waals surface area contributed by atoms with Crippen LogP contribution in [0.2, 0.25) is 0 Å². The fourth-order valence-corrected chi connectivity index (χ4v) is 4.50. The minimum Gasteiger partial charge on any atom is -0.491 e. The number of fused-ring (bicyclic) bond motifs is 1. The van der Waals surface area contributed by atoms with Gasteiger partial charge in [-0.3, -0.25) is 9.69 Å². The first kappa shape index (κ1) is 27.2. The highest BCUT2D eigenvalue weighted by Gasteiger charge is 2.15. The van der Waals surface area contributed by atoms with Gasteiger partial charge in [0.1, 0.15) is 29.5 Å². The highest BCUT2D eigenvalue weighted by molar-refractivity contribution is 6.03. The van der Waals surface area contributed by atoms with E-state index in [2.05, 4.69) is 32.1 Å². The first-order chi connectivity index (χ1) is 19.5. The number of carbonyl (C=O) groups is 1. The number of aromatic nitrogens is 2. The zero-order valence-corrected chi connectivity index (χ0v) is 21.8. The number of rotatable bonds is 10. The van der Waals surface area contributed by atoms with E-state index >= 15 is 0 Å². The van der Waals surface area contributed by atoms with Gasteiger partial charge < -0.3 is 20.1 Å². The van der Waals surface area contributed by atoms with Gasteiger partial charge in [-0.2, -0.15) is 0 Å². The van der Waals surface area contributed by atoms with Gasteiger partial charge in [-0.1, -0.05) is 18.7 Å². The van der Waals surface area contributed by atoms with E-state index < -0.39 is 11.6 Å². The van der Waals surface area contributed by atoms with Crippen LogP contribution in [0.4, 0.5) is 26.0 Å². The summed E-state index contributed by atoms with van der Waals surface area (Å²) >= 11 is 0. The second kappa shape index (κ2) is 12.6. The van der Waals surface area contributed by atoms with Gasteiger partial charge in [-0.05, 0) is 48.4 Å². The number of nitrogens with zero attached hydrogens (tertiary/aromatic N) is 3. The largest absolute Gasteiger partial charge is 0.491 e. The van der Waals surface area contributed by atoms with Crippen LogP contribution < -0.4 is 15.4 Å². The third-order valence-corrected chi connectivity index (χ3v) is 6.53. The van der Waals surface area contributed by atoms with Crippen molar-refractivity contribution in [2.24, 2.45) is 0 Å². The predicted molar refractivity (Wildman–Crippen MR) is 151 cm³/mol. The lowest BCUT2D eigenvalue weighted by Crippen LogP contribution is -2.37. The summed E-state index contributed by atoms with van der Waals surface area (Å²) < 4.78 is 39.2. The van der Waals surface area contributed by atoms with Crippen LogP contribution in [0.15, 0.2) is 73.6 Å². The first-order valence-electron chi connectivity index (χ1n) is 13.0. The number of carbonyl (C=O) groups excluding carboxylic acids is 1. The molecule has 10 heteroatoms. The lowest BCUT2D eigenvalue weighted by atomic mass is 10.0. The average molecular weight is 546 g/mol. The number of amides is 1. The van der Waals surface area contributed by atoms with Crippen molar-refractivity contribution < 1.29 is 23.0 Å². The number of nitrogens with one attached hydrogen (secondary N) is 2. The molecular formula is C30H29F2N5O3. The van der Waals surface area contributed by atoms with Crippen molar-refractivity contribution in [3.8, 4) is 16.9 Å². The Hall–Kier alpha value is -4.41. The van der Waals surface area contributed by atoms with E-state index in [-0.39, 0.29) is 11.5 Å². The summed E-state index contributed by atoms with van der Waals surface area (Å²) in [5.41, 5.74) is 2.57. The first-order valence-corrected chi connectivity index (χ1v) is 13.0. The van der Waals surface area contributed by atoms with Crippen LogP contribution in [0.25, 0.3) is 22.0 Å². The van der Waals surface area contributed by atoms with E-state index in [0.717, 1.165) is 45.3 Å². The molecule has 2 N–H and O–H groups in total. The molecule has 0 bridgehead atoms. The Labute approximate surface area is 230 Å². The molecule has 0 aliphatic carbocycles. The van der Waals surface area contributed by atoms with Gasteiger partial charge in [0.05, 0.1) is 31.0 Å². The van der Waals surface area contributed by atoms with Gasteiger partial charge >= 0.3 is 0 Å². The average Bonchev–Trinajstić information content (AvgIpc) is 2.96. The molecule has 0 saturated carbocycles. The molecule has 1 fully saturated rings. The Morgan fingerprint density at radius 3 is 2.75 bits per heavy atom. The summed E-state index contributed by atoms with van der Waals surface area (Å²) in [5, 5.41) is 6.70. The summed E-state index contributed by atoms with van der Waals surface area (Å²) in [6.07, 6.45) is 3.43. The molecule has 1 amide bonds. The highest BCUT2D eigenvalue weighted by atomic mass is 19.1. The molecule has 0 unspecified atom stereocenters. The van der Waals surface area contributed by atoms with Crippen LogP contribution in [0.5, 0.6) is 5.75 Å². The zero-order chi connectivity index (χ0) is 27.9. The van der Waals surface area contributed by atoms with Crippen molar-refractivity contribution in [2.45, 2.75) is 6.42 Å². The third-order valence-electron chi connectivity index (χ3n) is 6.53. The van der Waals surface area contributed by atoms with E-state index in [1.54, 1.807) is 30.3 Å². The minimum atomic E-state index is -0.648. The second-order valence-corrected chi connectivity index (χ2v) is 9.27. The van der Waals surface area contributed by atoms with Gasteiger partial charge in [-0.25, -0.2) is 18.7 Å². The van der Waals surface area contributed by atoms with E-state index in [0.29, 0.717) is 46.0 Å². The summed E-state index contributed by atoms with van der Waals surface area (Å²) in [6, 6.07) is 14.1. The van der Waals surface area contributed by atoms with Crippen LogP contribution in [-0.4, -0.2) is 60.2 Å².